The second kappa shape index (κ2) is 6.40. The maximum atomic E-state index is 11.2. The van der Waals surface area contributed by atoms with E-state index in [-0.39, 0.29) is 0 Å². The lowest BCUT2D eigenvalue weighted by Gasteiger charge is -2.05. The number of hydrogen-bond acceptors (Lipinski definition) is 1. The fourth-order valence-electron chi connectivity index (χ4n) is 2.00. The zero-order valence-electron chi connectivity index (χ0n) is 9.75. The van der Waals surface area contributed by atoms with E-state index < -0.39 is 14.1 Å². The molecule has 0 saturated heterocycles. The molecule has 0 aliphatic carbocycles. The molecule has 0 N–H and O–H groups in total. The van der Waals surface area contributed by atoms with Crippen molar-refractivity contribution in [3.63, 3.8) is 0 Å². The fourth-order valence-corrected chi connectivity index (χ4v) is 4.09. The molecule has 0 unspecified atom stereocenters. The minimum Gasteiger partial charge on any atom is -0.324 e. The molecule has 2 rings (SSSR count). The summed E-state index contributed by atoms with van der Waals surface area (Å²) in [4.78, 5) is 11.2. The van der Waals surface area contributed by atoms with Crippen molar-refractivity contribution in [1.29, 1.82) is 0 Å². The van der Waals surface area contributed by atoms with Crippen LogP contribution in [0.15, 0.2) is 60.7 Å². The molecule has 0 saturated carbocycles. The van der Waals surface area contributed by atoms with E-state index in [0.717, 1.165) is 10.6 Å². The molecule has 1 nitrogen and oxygen atoms in total. The summed E-state index contributed by atoms with van der Waals surface area (Å²) in [5.41, 5.74) is 2.57. The van der Waals surface area contributed by atoms with Crippen LogP contribution in [-0.4, -0.2) is 19.3 Å². The average Bonchev–Trinajstić information content (AvgIpc) is 2.40. The monoisotopic (exact) mass is 238 g/mol. The Hall–Kier alpha value is -1.36. The molecule has 0 fully saturated rings. The van der Waals surface area contributed by atoms with Gasteiger partial charge in [-0.05, 0) is 0 Å². The molecule has 0 spiro atoms. The third kappa shape index (κ3) is 3.85. The smallest absolute Gasteiger partial charge is 0.324 e. The largest absolute Gasteiger partial charge is 0.369 e. The Kier molecular flexibility index (Phi) is 4.56. The Morgan fingerprint density at radius 3 is 1.53 bits per heavy atom. The van der Waals surface area contributed by atoms with Crippen molar-refractivity contribution >= 4 is 19.3 Å². The van der Waals surface area contributed by atoms with Gasteiger partial charge in [0.15, 0.2) is 0 Å². The van der Waals surface area contributed by atoms with Crippen LogP contribution >= 0.6 is 0 Å². The van der Waals surface area contributed by atoms with E-state index in [1.807, 2.05) is 36.4 Å². The van der Waals surface area contributed by atoms with Crippen LogP contribution < -0.4 is 0 Å². The van der Waals surface area contributed by atoms with Crippen LogP contribution in [0.5, 0.6) is 0 Å². The summed E-state index contributed by atoms with van der Waals surface area (Å²) >= 11 is -1.35. The van der Waals surface area contributed by atoms with Crippen LogP contribution in [0.1, 0.15) is 11.1 Å². The summed E-state index contributed by atoms with van der Waals surface area (Å²) < 4.78 is 0. The van der Waals surface area contributed by atoms with Crippen molar-refractivity contribution < 1.29 is 4.79 Å². The normalized spacial score (nSPS) is 9.88. The van der Waals surface area contributed by atoms with Crippen molar-refractivity contribution in [2.24, 2.45) is 0 Å². The first-order chi connectivity index (χ1) is 8.38. The first-order valence-electron chi connectivity index (χ1n) is 5.91. The Morgan fingerprint density at radius 2 is 1.18 bits per heavy atom. The van der Waals surface area contributed by atoms with Gasteiger partial charge >= 0.3 is 14.1 Å². The number of carbonyl (C=O) groups is 1. The summed E-state index contributed by atoms with van der Waals surface area (Å²) in [5.74, 6) is 0. The van der Waals surface area contributed by atoms with Gasteiger partial charge in [-0.2, -0.15) is 0 Å². The quantitative estimate of drug-likeness (QED) is 0.578. The Bertz CT molecular complexity index is 411. The molecule has 2 aromatic carbocycles. The molecule has 0 atom stereocenters. The highest BCUT2D eigenvalue weighted by molar-refractivity contribution is 6.83. The molecular weight excluding hydrogens is 223 g/mol. The summed E-state index contributed by atoms with van der Waals surface area (Å²) in [6.07, 6.45) is 0. The highest BCUT2D eigenvalue weighted by atomic mass is 27.2. The molecule has 2 heteroatoms. The number of rotatable bonds is 5. The SMILES string of the molecule is O=[CH][Al]([CH2]c1ccccc1)[CH2]c1ccccc1. The van der Waals surface area contributed by atoms with Gasteiger partial charge in [0.1, 0.15) is 0 Å². The Labute approximate surface area is 106 Å². The molecule has 2 aromatic rings. The van der Waals surface area contributed by atoms with Gasteiger partial charge in [-0.25, -0.2) is 0 Å². The van der Waals surface area contributed by atoms with Crippen molar-refractivity contribution in [1.82, 2.24) is 0 Å². The van der Waals surface area contributed by atoms with Crippen LogP contribution in [-0.2, 0) is 15.4 Å². The predicted octanol–water partition coefficient (Wildman–Crippen LogP) is 2.82. The molecule has 17 heavy (non-hydrogen) atoms. The van der Waals surface area contributed by atoms with Gasteiger partial charge in [-0.15, -0.1) is 0 Å². The van der Waals surface area contributed by atoms with Crippen molar-refractivity contribution in [3.05, 3.63) is 71.8 Å². The average molecular weight is 238 g/mol. The molecule has 0 amide bonds. The Morgan fingerprint density at radius 1 is 0.765 bits per heavy atom. The van der Waals surface area contributed by atoms with E-state index in [9.17, 15) is 4.79 Å². The summed E-state index contributed by atoms with van der Waals surface area (Å²) in [5, 5.41) is 3.12. The second-order valence-corrected chi connectivity index (χ2v) is 6.88. The molecule has 0 aromatic heterocycles. The zero-order chi connectivity index (χ0) is 11.9. The van der Waals surface area contributed by atoms with Gasteiger partial charge in [-0.3, -0.25) is 0 Å². The number of benzene rings is 2. The maximum Gasteiger partial charge on any atom is 0.369 e. The minimum atomic E-state index is -1.35. The first kappa shape index (κ1) is 12.1. The van der Waals surface area contributed by atoms with E-state index in [2.05, 4.69) is 24.3 Å². The van der Waals surface area contributed by atoms with Crippen molar-refractivity contribution in [3.8, 4) is 0 Å². The lowest BCUT2D eigenvalue weighted by Crippen LogP contribution is -2.22. The van der Waals surface area contributed by atoms with Crippen LogP contribution in [0.3, 0.4) is 0 Å². The van der Waals surface area contributed by atoms with Crippen LogP contribution in [0, 0.1) is 0 Å². The molecule has 0 radical (unpaired) electrons. The molecule has 84 valence electrons. The predicted molar refractivity (Wildman–Crippen MR) is 72.8 cm³/mol. The molecule has 0 aliphatic heterocycles. The lowest BCUT2D eigenvalue weighted by atomic mass is 10.2. The summed E-state index contributed by atoms with van der Waals surface area (Å²) in [7, 11) is 0. The van der Waals surface area contributed by atoms with E-state index in [4.69, 9.17) is 0 Å². The maximum absolute atomic E-state index is 11.2. The third-order valence-corrected chi connectivity index (χ3v) is 5.25. The summed E-state index contributed by atoms with van der Waals surface area (Å²) in [6.45, 7) is 0. The van der Waals surface area contributed by atoms with Crippen molar-refractivity contribution in [2.75, 3.05) is 0 Å². The highest BCUT2D eigenvalue weighted by Gasteiger charge is 2.18. The number of carbonyl (C=O) groups excluding carboxylic acids is 1. The molecule has 0 aliphatic rings. The van der Waals surface area contributed by atoms with Crippen molar-refractivity contribution in [2.45, 2.75) is 10.6 Å². The topological polar surface area (TPSA) is 17.1 Å². The lowest BCUT2D eigenvalue weighted by molar-refractivity contribution is 0.567. The van der Waals surface area contributed by atoms with E-state index in [0.29, 0.717) is 0 Å². The van der Waals surface area contributed by atoms with Gasteiger partial charge in [0, 0.05) is 5.15 Å². The Balaban J connectivity index is 2.01. The summed E-state index contributed by atoms with van der Waals surface area (Å²) in [6, 6.07) is 20.6. The van der Waals surface area contributed by atoms with Gasteiger partial charge in [0.05, 0.1) is 0 Å². The number of hydrogen-bond donors (Lipinski definition) is 0. The molecular formula is C15H15AlO. The minimum absolute atomic E-state index is 0.958. The molecule has 0 bridgehead atoms. The second-order valence-electron chi connectivity index (χ2n) is 4.28. The van der Waals surface area contributed by atoms with E-state index >= 15 is 0 Å². The van der Waals surface area contributed by atoms with Gasteiger partial charge in [0.2, 0.25) is 0 Å². The van der Waals surface area contributed by atoms with E-state index in [1.165, 1.54) is 16.3 Å². The first-order valence-corrected chi connectivity index (χ1v) is 8.21. The fraction of sp³-hybridized carbons (Fsp3) is 0.133. The van der Waals surface area contributed by atoms with Crippen LogP contribution in [0.4, 0.5) is 0 Å². The van der Waals surface area contributed by atoms with Gasteiger partial charge < -0.3 is 4.79 Å². The van der Waals surface area contributed by atoms with E-state index in [1.54, 1.807) is 0 Å². The zero-order valence-corrected chi connectivity index (χ0v) is 10.9. The van der Waals surface area contributed by atoms with Gasteiger partial charge in [0.25, 0.3) is 0 Å². The van der Waals surface area contributed by atoms with Crippen LogP contribution in [0.25, 0.3) is 0 Å². The highest BCUT2D eigenvalue weighted by Crippen LogP contribution is 2.07. The van der Waals surface area contributed by atoms with Gasteiger partial charge in [-0.1, -0.05) is 82.4 Å². The van der Waals surface area contributed by atoms with Crippen LogP contribution in [0.2, 0.25) is 0 Å². The molecule has 0 heterocycles. The standard InChI is InChI=1S/2C7H7.CHO.Al/c2*1-7-5-3-2-4-6-7;1-2;/h2*2-6H,1H2;1H;. The third-order valence-electron chi connectivity index (χ3n) is 2.87.